The molecule has 1 aliphatic carbocycles. The van der Waals surface area contributed by atoms with E-state index in [1.54, 1.807) is 18.3 Å². The summed E-state index contributed by atoms with van der Waals surface area (Å²) in [5.74, 6) is 1.13. The van der Waals surface area contributed by atoms with Crippen LogP contribution in [-0.4, -0.2) is 40.9 Å². The first kappa shape index (κ1) is 16.7. The predicted octanol–water partition coefficient (Wildman–Crippen LogP) is 2.60. The van der Waals surface area contributed by atoms with Gasteiger partial charge < -0.3 is 15.0 Å². The van der Waals surface area contributed by atoms with E-state index < -0.39 is 0 Å². The van der Waals surface area contributed by atoms with E-state index in [9.17, 15) is 9.59 Å². The summed E-state index contributed by atoms with van der Waals surface area (Å²) in [6, 6.07) is 3.57. The molecule has 3 rings (SSSR count). The molecule has 0 spiro atoms. The first-order valence-corrected chi connectivity index (χ1v) is 8.87. The Balaban J connectivity index is 1.45. The monoisotopic (exact) mass is 331 g/mol. The molecule has 0 radical (unpaired) electrons. The fourth-order valence-corrected chi connectivity index (χ4v) is 3.05. The molecule has 0 unspecified atom stereocenters. The number of aromatic nitrogens is 1. The van der Waals surface area contributed by atoms with E-state index in [0.717, 1.165) is 38.8 Å². The van der Waals surface area contributed by atoms with Crippen molar-refractivity contribution >= 4 is 17.5 Å². The van der Waals surface area contributed by atoms with Gasteiger partial charge in [-0.1, -0.05) is 13.3 Å². The number of amides is 2. The van der Waals surface area contributed by atoms with Gasteiger partial charge >= 0.3 is 0 Å². The van der Waals surface area contributed by atoms with Crippen LogP contribution in [0, 0.1) is 5.92 Å². The standard InChI is InChI=1S/C18H25N3O3/c1-2-16(22)20-14-6-7-17(19-12-14)24-15-8-10-21(11-9-15)18(23)13-4-3-5-13/h6-7,12-13,15H,2-5,8-11H2,1H3,(H,20,22). The Kier molecular flexibility index (Phi) is 5.33. The molecule has 2 aliphatic rings. The Morgan fingerprint density at radius 3 is 2.54 bits per heavy atom. The molecule has 1 aromatic heterocycles. The molecule has 0 atom stereocenters. The van der Waals surface area contributed by atoms with Gasteiger partial charge in [0.2, 0.25) is 17.7 Å². The predicted molar refractivity (Wildman–Crippen MR) is 90.7 cm³/mol. The fraction of sp³-hybridized carbons (Fsp3) is 0.611. The van der Waals surface area contributed by atoms with Gasteiger partial charge in [0.05, 0.1) is 11.9 Å². The summed E-state index contributed by atoms with van der Waals surface area (Å²) in [5, 5.41) is 2.76. The maximum absolute atomic E-state index is 12.2. The van der Waals surface area contributed by atoms with Crippen LogP contribution < -0.4 is 10.1 Å². The van der Waals surface area contributed by atoms with E-state index in [1.165, 1.54) is 6.42 Å². The van der Waals surface area contributed by atoms with Crippen molar-refractivity contribution in [3.63, 3.8) is 0 Å². The van der Waals surface area contributed by atoms with Crippen LogP contribution in [0.3, 0.4) is 0 Å². The van der Waals surface area contributed by atoms with E-state index in [2.05, 4.69) is 10.3 Å². The summed E-state index contributed by atoms with van der Waals surface area (Å²) < 4.78 is 5.91. The molecule has 1 saturated carbocycles. The third-order valence-corrected chi connectivity index (χ3v) is 4.84. The average molecular weight is 331 g/mol. The zero-order valence-corrected chi connectivity index (χ0v) is 14.2. The molecule has 1 saturated heterocycles. The molecule has 6 nitrogen and oxygen atoms in total. The molecule has 1 aliphatic heterocycles. The normalized spacial score (nSPS) is 18.8. The second-order valence-corrected chi connectivity index (χ2v) is 6.56. The highest BCUT2D eigenvalue weighted by molar-refractivity contribution is 5.90. The van der Waals surface area contributed by atoms with Gasteiger partial charge in [-0.25, -0.2) is 4.98 Å². The van der Waals surface area contributed by atoms with E-state index in [-0.39, 0.29) is 17.9 Å². The first-order chi connectivity index (χ1) is 11.7. The van der Waals surface area contributed by atoms with Crippen LogP contribution in [0.5, 0.6) is 5.88 Å². The van der Waals surface area contributed by atoms with Crippen LogP contribution >= 0.6 is 0 Å². The molecular formula is C18H25N3O3. The maximum Gasteiger partial charge on any atom is 0.225 e. The van der Waals surface area contributed by atoms with Gasteiger partial charge in [-0.15, -0.1) is 0 Å². The lowest BCUT2D eigenvalue weighted by molar-refractivity contribution is -0.140. The molecule has 2 heterocycles. The van der Waals surface area contributed by atoms with Crippen LogP contribution in [0.2, 0.25) is 0 Å². The van der Waals surface area contributed by atoms with Crippen LogP contribution in [0.1, 0.15) is 45.4 Å². The zero-order valence-electron chi connectivity index (χ0n) is 14.2. The lowest BCUT2D eigenvalue weighted by atomic mass is 9.84. The number of piperidine rings is 1. The number of pyridine rings is 1. The van der Waals surface area contributed by atoms with Gasteiger partial charge in [-0.2, -0.15) is 0 Å². The van der Waals surface area contributed by atoms with Gasteiger partial charge in [0, 0.05) is 44.3 Å². The third kappa shape index (κ3) is 4.04. The molecule has 24 heavy (non-hydrogen) atoms. The minimum Gasteiger partial charge on any atom is -0.474 e. The number of carbonyl (C=O) groups excluding carboxylic acids is 2. The van der Waals surface area contributed by atoms with Gasteiger partial charge in [0.1, 0.15) is 6.10 Å². The summed E-state index contributed by atoms with van der Waals surface area (Å²) in [6.45, 7) is 3.34. The molecule has 2 fully saturated rings. The molecule has 6 heteroatoms. The molecule has 0 aromatic carbocycles. The first-order valence-electron chi connectivity index (χ1n) is 8.87. The summed E-state index contributed by atoms with van der Waals surface area (Å²) >= 11 is 0. The molecule has 1 N–H and O–H groups in total. The van der Waals surface area contributed by atoms with Crippen molar-refractivity contribution in [3.05, 3.63) is 18.3 Å². The van der Waals surface area contributed by atoms with Crippen LogP contribution in [-0.2, 0) is 9.59 Å². The van der Waals surface area contributed by atoms with Gasteiger partial charge in [-0.05, 0) is 18.9 Å². The van der Waals surface area contributed by atoms with Gasteiger partial charge in [0.25, 0.3) is 0 Å². The van der Waals surface area contributed by atoms with Crippen molar-refractivity contribution in [1.82, 2.24) is 9.88 Å². The highest BCUT2D eigenvalue weighted by atomic mass is 16.5. The third-order valence-electron chi connectivity index (χ3n) is 4.84. The summed E-state index contributed by atoms with van der Waals surface area (Å²) in [4.78, 5) is 29.8. The second-order valence-electron chi connectivity index (χ2n) is 6.56. The average Bonchev–Trinajstić information content (AvgIpc) is 2.55. The van der Waals surface area contributed by atoms with E-state index in [4.69, 9.17) is 4.74 Å². The minimum absolute atomic E-state index is 0.0334. The topological polar surface area (TPSA) is 71.5 Å². The molecule has 1 aromatic rings. The van der Waals surface area contributed by atoms with E-state index in [1.807, 2.05) is 11.8 Å². The minimum atomic E-state index is -0.0334. The SMILES string of the molecule is CCC(=O)Nc1ccc(OC2CCN(C(=O)C3CCC3)CC2)nc1. The van der Waals surface area contributed by atoms with Crippen molar-refractivity contribution in [3.8, 4) is 5.88 Å². The van der Waals surface area contributed by atoms with Crippen molar-refractivity contribution in [2.24, 2.45) is 5.92 Å². The number of rotatable bonds is 5. The number of nitrogens with one attached hydrogen (secondary N) is 1. The molecule has 0 bridgehead atoms. The molecular weight excluding hydrogens is 306 g/mol. The number of hydrogen-bond acceptors (Lipinski definition) is 4. The van der Waals surface area contributed by atoms with Crippen LogP contribution in [0.4, 0.5) is 5.69 Å². The summed E-state index contributed by atoms with van der Waals surface area (Å²) in [5.41, 5.74) is 0.676. The quantitative estimate of drug-likeness (QED) is 0.900. The number of ether oxygens (including phenoxy) is 1. The fourth-order valence-electron chi connectivity index (χ4n) is 3.05. The summed E-state index contributed by atoms with van der Waals surface area (Å²) in [6.07, 6.45) is 7.13. The number of likely N-dealkylation sites (tertiary alicyclic amines) is 1. The Labute approximate surface area is 142 Å². The Bertz CT molecular complexity index is 576. The maximum atomic E-state index is 12.2. The Morgan fingerprint density at radius 1 is 1.25 bits per heavy atom. The number of carbonyl (C=O) groups is 2. The zero-order chi connectivity index (χ0) is 16.9. The van der Waals surface area contributed by atoms with Crippen LogP contribution in [0.25, 0.3) is 0 Å². The van der Waals surface area contributed by atoms with Crippen LogP contribution in [0.15, 0.2) is 18.3 Å². The van der Waals surface area contributed by atoms with Crippen molar-refractivity contribution in [2.45, 2.75) is 51.6 Å². The smallest absolute Gasteiger partial charge is 0.225 e. The molecule has 2 amide bonds. The number of nitrogens with zero attached hydrogens (tertiary/aromatic N) is 2. The van der Waals surface area contributed by atoms with Crippen molar-refractivity contribution < 1.29 is 14.3 Å². The highest BCUT2D eigenvalue weighted by Gasteiger charge is 2.32. The second kappa shape index (κ2) is 7.64. The largest absolute Gasteiger partial charge is 0.474 e. The van der Waals surface area contributed by atoms with Crippen molar-refractivity contribution in [2.75, 3.05) is 18.4 Å². The van der Waals surface area contributed by atoms with E-state index >= 15 is 0 Å². The van der Waals surface area contributed by atoms with E-state index in [0.29, 0.717) is 23.9 Å². The van der Waals surface area contributed by atoms with Gasteiger partial charge in [0.15, 0.2) is 0 Å². The summed E-state index contributed by atoms with van der Waals surface area (Å²) in [7, 11) is 0. The highest BCUT2D eigenvalue weighted by Crippen LogP contribution is 2.29. The Morgan fingerprint density at radius 2 is 2.00 bits per heavy atom. The molecule has 130 valence electrons. The number of hydrogen-bond donors (Lipinski definition) is 1. The number of anilines is 1. The Hall–Kier alpha value is -2.11. The van der Waals surface area contributed by atoms with Crippen molar-refractivity contribution in [1.29, 1.82) is 0 Å². The lowest BCUT2D eigenvalue weighted by Crippen LogP contribution is -2.45. The lowest BCUT2D eigenvalue weighted by Gasteiger charge is -2.36. The van der Waals surface area contributed by atoms with Gasteiger partial charge in [-0.3, -0.25) is 9.59 Å².